The van der Waals surface area contributed by atoms with Gasteiger partial charge >= 0.3 is 11.9 Å². The van der Waals surface area contributed by atoms with Crippen molar-refractivity contribution < 1.29 is 32.1 Å². The largest absolute Gasteiger partial charge is 0.485 e. The SMILES string of the molecule is O=[N+]([O-])c1cc(-c2nc(-c3cccnc3C(F)(F)F)no2)cc(OCc2ccccc2)c1OCc1ccccc1. The van der Waals surface area contributed by atoms with Gasteiger partial charge in [-0.1, -0.05) is 65.8 Å². The number of rotatable bonds is 9. The predicted molar refractivity (Wildman–Crippen MR) is 136 cm³/mol. The summed E-state index contributed by atoms with van der Waals surface area (Å²) in [5.74, 6) is -0.746. The number of alkyl halides is 3. The van der Waals surface area contributed by atoms with Crippen LogP contribution in [-0.2, 0) is 19.4 Å². The number of nitrogens with zero attached hydrogens (tertiary/aromatic N) is 4. The number of benzene rings is 3. The van der Waals surface area contributed by atoms with E-state index in [-0.39, 0.29) is 42.0 Å². The van der Waals surface area contributed by atoms with Gasteiger partial charge in [-0.15, -0.1) is 0 Å². The molecule has 0 amide bonds. The summed E-state index contributed by atoms with van der Waals surface area (Å²) in [4.78, 5) is 18.9. The molecule has 0 atom stereocenters. The van der Waals surface area contributed by atoms with E-state index in [1.165, 1.54) is 12.1 Å². The van der Waals surface area contributed by atoms with Crippen molar-refractivity contribution in [2.24, 2.45) is 0 Å². The van der Waals surface area contributed by atoms with Gasteiger partial charge in [-0.25, -0.2) is 0 Å². The van der Waals surface area contributed by atoms with Crippen LogP contribution in [0.4, 0.5) is 18.9 Å². The molecule has 0 spiro atoms. The highest BCUT2D eigenvalue weighted by Gasteiger charge is 2.37. The molecule has 5 aromatic rings. The standard InChI is InChI=1S/C28H19F3N4O5/c29-28(30,31)25-21(12-7-13-32-25)26-33-27(40-34-26)20-14-22(35(36)37)24(39-17-19-10-5-2-6-11-19)23(15-20)38-16-18-8-3-1-4-9-18/h1-15H,16-17H2. The second-order valence-electron chi connectivity index (χ2n) is 8.45. The Morgan fingerprint density at radius 1 is 0.875 bits per heavy atom. The van der Waals surface area contributed by atoms with Crippen molar-refractivity contribution in [3.63, 3.8) is 0 Å². The molecular formula is C28H19F3N4O5. The van der Waals surface area contributed by atoms with Gasteiger partial charge in [0.05, 0.1) is 16.1 Å². The van der Waals surface area contributed by atoms with Crippen LogP contribution in [-0.4, -0.2) is 20.0 Å². The number of hydrogen-bond acceptors (Lipinski definition) is 8. The van der Waals surface area contributed by atoms with Crippen molar-refractivity contribution in [1.29, 1.82) is 0 Å². The van der Waals surface area contributed by atoms with Gasteiger partial charge < -0.3 is 14.0 Å². The molecule has 9 nitrogen and oxygen atoms in total. The van der Waals surface area contributed by atoms with Gasteiger partial charge in [-0.05, 0) is 29.3 Å². The minimum absolute atomic E-state index is 0.0149. The molecule has 0 aliphatic rings. The highest BCUT2D eigenvalue weighted by atomic mass is 19.4. The number of ether oxygens (including phenoxy) is 2. The summed E-state index contributed by atoms with van der Waals surface area (Å²) < 4.78 is 57.4. The first-order chi connectivity index (χ1) is 19.3. The molecule has 0 saturated carbocycles. The maximum atomic E-state index is 13.5. The van der Waals surface area contributed by atoms with Gasteiger partial charge in [0.15, 0.2) is 11.4 Å². The van der Waals surface area contributed by atoms with Crippen molar-refractivity contribution in [2.75, 3.05) is 0 Å². The third-order valence-electron chi connectivity index (χ3n) is 5.69. The Morgan fingerprint density at radius 2 is 1.52 bits per heavy atom. The fourth-order valence-electron chi connectivity index (χ4n) is 3.83. The van der Waals surface area contributed by atoms with E-state index in [2.05, 4.69) is 15.1 Å². The molecule has 0 bridgehead atoms. The Balaban J connectivity index is 1.55. The van der Waals surface area contributed by atoms with Crippen molar-refractivity contribution in [3.8, 4) is 34.3 Å². The Kier molecular flexibility index (Phi) is 7.40. The van der Waals surface area contributed by atoms with Crippen LogP contribution in [0.15, 0.2) is 95.6 Å². The van der Waals surface area contributed by atoms with Crippen LogP contribution in [0.1, 0.15) is 16.8 Å². The molecule has 0 saturated heterocycles. The van der Waals surface area contributed by atoms with E-state index in [4.69, 9.17) is 14.0 Å². The average molecular weight is 548 g/mol. The number of halogens is 3. The number of aromatic nitrogens is 3. The van der Waals surface area contributed by atoms with Gasteiger partial charge in [0.1, 0.15) is 13.2 Å². The highest BCUT2D eigenvalue weighted by Crippen LogP contribution is 2.42. The van der Waals surface area contributed by atoms with Crippen LogP contribution < -0.4 is 9.47 Å². The second kappa shape index (κ2) is 11.2. The van der Waals surface area contributed by atoms with Gasteiger partial charge in [-0.3, -0.25) is 15.1 Å². The van der Waals surface area contributed by atoms with Gasteiger partial charge in [0.25, 0.3) is 5.89 Å². The lowest BCUT2D eigenvalue weighted by molar-refractivity contribution is -0.386. The third kappa shape index (κ3) is 5.90. The fraction of sp³-hybridized carbons (Fsp3) is 0.107. The highest BCUT2D eigenvalue weighted by molar-refractivity contribution is 5.70. The van der Waals surface area contributed by atoms with E-state index in [1.807, 2.05) is 48.5 Å². The fourth-order valence-corrected chi connectivity index (χ4v) is 3.83. The molecule has 12 heteroatoms. The zero-order valence-corrected chi connectivity index (χ0v) is 20.5. The molecule has 0 aliphatic carbocycles. The Morgan fingerprint density at radius 3 is 2.15 bits per heavy atom. The summed E-state index contributed by atoms with van der Waals surface area (Å²) in [5, 5.41) is 15.8. The quantitative estimate of drug-likeness (QED) is 0.145. The summed E-state index contributed by atoms with van der Waals surface area (Å²) in [6.45, 7) is 0.0809. The molecular weight excluding hydrogens is 529 g/mol. The van der Waals surface area contributed by atoms with Gasteiger partial charge in [-0.2, -0.15) is 18.2 Å². The number of hydrogen-bond donors (Lipinski definition) is 0. The molecule has 0 radical (unpaired) electrons. The Bertz CT molecular complexity index is 1630. The Labute approximate surface area is 225 Å². The predicted octanol–water partition coefficient (Wildman–Crippen LogP) is 6.88. The molecule has 40 heavy (non-hydrogen) atoms. The van der Waals surface area contributed by atoms with E-state index < -0.39 is 28.0 Å². The first kappa shape index (κ1) is 26.4. The average Bonchev–Trinajstić information content (AvgIpc) is 3.46. The lowest BCUT2D eigenvalue weighted by Gasteiger charge is -2.14. The summed E-state index contributed by atoms with van der Waals surface area (Å²) in [7, 11) is 0. The van der Waals surface area contributed by atoms with Crippen LogP contribution in [0.3, 0.4) is 0 Å². The first-order valence-corrected chi connectivity index (χ1v) is 11.8. The molecule has 2 heterocycles. The van der Waals surface area contributed by atoms with Crippen molar-refractivity contribution in [2.45, 2.75) is 19.4 Å². The molecule has 0 N–H and O–H groups in total. The zero-order valence-electron chi connectivity index (χ0n) is 20.5. The molecule has 3 aromatic carbocycles. The van der Waals surface area contributed by atoms with E-state index in [9.17, 15) is 23.3 Å². The smallest absolute Gasteiger partial charge is 0.434 e. The number of pyridine rings is 1. The third-order valence-corrected chi connectivity index (χ3v) is 5.69. The van der Waals surface area contributed by atoms with Crippen LogP contribution in [0.2, 0.25) is 0 Å². The molecule has 5 rings (SSSR count). The lowest BCUT2D eigenvalue weighted by atomic mass is 10.1. The minimum Gasteiger partial charge on any atom is -0.485 e. The molecule has 0 unspecified atom stereocenters. The number of nitro groups is 1. The van der Waals surface area contributed by atoms with E-state index in [0.717, 1.165) is 29.5 Å². The summed E-state index contributed by atoms with van der Waals surface area (Å²) in [6, 6.07) is 23.2. The summed E-state index contributed by atoms with van der Waals surface area (Å²) >= 11 is 0. The molecule has 0 fully saturated rings. The monoisotopic (exact) mass is 548 g/mol. The van der Waals surface area contributed by atoms with E-state index >= 15 is 0 Å². The normalized spacial score (nSPS) is 11.3. The molecule has 202 valence electrons. The molecule has 0 aliphatic heterocycles. The second-order valence-corrected chi connectivity index (χ2v) is 8.45. The van der Waals surface area contributed by atoms with Gasteiger partial charge in [0.2, 0.25) is 11.6 Å². The zero-order chi connectivity index (χ0) is 28.1. The van der Waals surface area contributed by atoms with Crippen LogP contribution >= 0.6 is 0 Å². The maximum absolute atomic E-state index is 13.5. The van der Waals surface area contributed by atoms with Crippen molar-refractivity contribution in [3.05, 3.63) is 118 Å². The van der Waals surface area contributed by atoms with E-state index in [1.54, 1.807) is 12.1 Å². The van der Waals surface area contributed by atoms with Crippen LogP contribution in [0.5, 0.6) is 11.5 Å². The topological polar surface area (TPSA) is 113 Å². The van der Waals surface area contributed by atoms with Crippen LogP contribution in [0.25, 0.3) is 22.8 Å². The maximum Gasteiger partial charge on any atom is 0.434 e. The number of nitro benzene ring substituents is 1. The first-order valence-electron chi connectivity index (χ1n) is 11.8. The van der Waals surface area contributed by atoms with E-state index in [0.29, 0.717) is 0 Å². The minimum atomic E-state index is -4.76. The van der Waals surface area contributed by atoms with Crippen molar-refractivity contribution in [1.82, 2.24) is 15.1 Å². The Hall–Kier alpha value is -5.26. The molecule has 2 aromatic heterocycles. The summed E-state index contributed by atoms with van der Waals surface area (Å²) in [6.07, 6.45) is -3.76. The summed E-state index contributed by atoms with van der Waals surface area (Å²) in [5.41, 5.74) is -0.423. The van der Waals surface area contributed by atoms with Crippen molar-refractivity contribution >= 4 is 5.69 Å². The lowest BCUT2D eigenvalue weighted by Crippen LogP contribution is -2.10. The van der Waals surface area contributed by atoms with Crippen LogP contribution in [0, 0.1) is 10.1 Å². The van der Waals surface area contributed by atoms with Gasteiger partial charge in [0, 0.05) is 12.3 Å².